The highest BCUT2D eigenvalue weighted by Gasteiger charge is 2.33. The molecule has 0 atom stereocenters. The third kappa shape index (κ3) is 3.54. The number of hydrogen-bond donors (Lipinski definition) is 1. The molecule has 1 aliphatic heterocycles. The number of benzene rings is 1. The monoisotopic (exact) mass is 405 g/mol. The van der Waals surface area contributed by atoms with Gasteiger partial charge in [0.05, 0.1) is 17.1 Å². The lowest BCUT2D eigenvalue weighted by Gasteiger charge is -2.36. The van der Waals surface area contributed by atoms with Gasteiger partial charge in [0, 0.05) is 24.1 Å². The van der Waals surface area contributed by atoms with Crippen molar-refractivity contribution in [2.45, 2.75) is 18.4 Å². The molecule has 0 spiro atoms. The topological polar surface area (TPSA) is 47.6 Å². The summed E-state index contributed by atoms with van der Waals surface area (Å²) < 4.78 is 11.3. The van der Waals surface area contributed by atoms with Crippen molar-refractivity contribution >= 4 is 37.8 Å². The van der Waals surface area contributed by atoms with Crippen molar-refractivity contribution in [1.29, 1.82) is 0 Å². The van der Waals surface area contributed by atoms with Gasteiger partial charge in [-0.05, 0) is 47.0 Å². The molecular formula is C14H17Br2NO3. The summed E-state index contributed by atoms with van der Waals surface area (Å²) >= 11 is 6.90. The molecule has 0 bridgehead atoms. The van der Waals surface area contributed by atoms with Crippen molar-refractivity contribution in [3.63, 3.8) is 0 Å². The van der Waals surface area contributed by atoms with Crippen molar-refractivity contribution in [2.75, 3.05) is 25.7 Å². The SMILES string of the molecule is COc1ccc(C(=O)NC2(CBr)CCOCC2)cc1Br. The minimum Gasteiger partial charge on any atom is -0.496 e. The standard InChI is InChI=1S/C14H17Br2NO3/c1-19-12-3-2-10(8-11(12)16)13(18)17-14(9-15)4-6-20-7-5-14/h2-3,8H,4-7,9H2,1H3,(H,17,18). The maximum Gasteiger partial charge on any atom is 0.251 e. The Balaban J connectivity index is 2.12. The lowest BCUT2D eigenvalue weighted by Crippen LogP contribution is -2.53. The third-order valence-corrected chi connectivity index (χ3v) is 5.19. The molecule has 1 heterocycles. The first-order valence-electron chi connectivity index (χ1n) is 6.40. The van der Waals surface area contributed by atoms with Crippen molar-refractivity contribution < 1.29 is 14.3 Å². The van der Waals surface area contributed by atoms with Crippen LogP contribution in [0.4, 0.5) is 0 Å². The van der Waals surface area contributed by atoms with E-state index in [1.54, 1.807) is 25.3 Å². The highest BCUT2D eigenvalue weighted by Crippen LogP contribution is 2.27. The summed E-state index contributed by atoms with van der Waals surface area (Å²) in [7, 11) is 1.60. The highest BCUT2D eigenvalue weighted by atomic mass is 79.9. The fourth-order valence-electron chi connectivity index (χ4n) is 2.17. The quantitative estimate of drug-likeness (QED) is 0.781. The van der Waals surface area contributed by atoms with E-state index in [-0.39, 0.29) is 11.4 Å². The number of halogens is 2. The summed E-state index contributed by atoms with van der Waals surface area (Å²) in [5, 5.41) is 3.86. The number of amides is 1. The molecule has 1 N–H and O–H groups in total. The Morgan fingerprint density at radius 3 is 2.70 bits per heavy atom. The predicted octanol–water partition coefficient (Wildman–Crippen LogP) is 3.13. The van der Waals surface area contributed by atoms with Crippen LogP contribution in [0.5, 0.6) is 5.75 Å². The first kappa shape index (κ1) is 15.8. The molecule has 6 heteroatoms. The molecule has 0 unspecified atom stereocenters. The largest absolute Gasteiger partial charge is 0.496 e. The number of hydrogen-bond acceptors (Lipinski definition) is 3. The molecule has 1 aromatic carbocycles. The second kappa shape index (κ2) is 6.91. The smallest absolute Gasteiger partial charge is 0.251 e. The molecule has 1 fully saturated rings. The zero-order valence-corrected chi connectivity index (χ0v) is 14.4. The van der Waals surface area contributed by atoms with Crippen molar-refractivity contribution in [3.05, 3.63) is 28.2 Å². The number of carbonyl (C=O) groups is 1. The molecule has 2 rings (SSSR count). The summed E-state index contributed by atoms with van der Waals surface area (Å²) in [5.74, 6) is 0.637. The summed E-state index contributed by atoms with van der Waals surface area (Å²) in [5.41, 5.74) is 0.395. The maximum atomic E-state index is 12.4. The second-order valence-electron chi connectivity index (χ2n) is 4.83. The Morgan fingerprint density at radius 2 is 2.15 bits per heavy atom. The van der Waals surface area contributed by atoms with E-state index in [0.717, 1.165) is 22.6 Å². The predicted molar refractivity (Wildman–Crippen MR) is 84.7 cm³/mol. The Kier molecular flexibility index (Phi) is 5.46. The van der Waals surface area contributed by atoms with Crippen LogP contribution in [0, 0.1) is 0 Å². The van der Waals surface area contributed by atoms with Crippen LogP contribution in [0.25, 0.3) is 0 Å². The van der Waals surface area contributed by atoms with E-state index in [1.165, 1.54) is 0 Å². The van der Waals surface area contributed by atoms with Crippen LogP contribution >= 0.6 is 31.9 Å². The molecule has 4 nitrogen and oxygen atoms in total. The van der Waals surface area contributed by atoms with Gasteiger partial charge in [-0.15, -0.1) is 0 Å². The summed E-state index contributed by atoms with van der Waals surface area (Å²) in [4.78, 5) is 12.4. The lowest BCUT2D eigenvalue weighted by atomic mass is 9.92. The minimum absolute atomic E-state index is 0.0743. The molecule has 0 radical (unpaired) electrons. The molecule has 1 amide bonds. The van der Waals surface area contributed by atoms with E-state index in [1.807, 2.05) is 0 Å². The van der Waals surface area contributed by atoms with Crippen LogP contribution < -0.4 is 10.1 Å². The van der Waals surface area contributed by atoms with E-state index in [0.29, 0.717) is 24.5 Å². The number of carbonyl (C=O) groups excluding carboxylic acids is 1. The average molecular weight is 407 g/mol. The molecule has 1 aliphatic rings. The van der Waals surface area contributed by atoms with Crippen LogP contribution in [-0.4, -0.2) is 37.1 Å². The highest BCUT2D eigenvalue weighted by molar-refractivity contribution is 9.10. The van der Waals surface area contributed by atoms with Gasteiger partial charge < -0.3 is 14.8 Å². The van der Waals surface area contributed by atoms with Crippen molar-refractivity contribution in [1.82, 2.24) is 5.32 Å². The van der Waals surface area contributed by atoms with Gasteiger partial charge in [0.15, 0.2) is 0 Å². The van der Waals surface area contributed by atoms with Crippen LogP contribution in [-0.2, 0) is 4.74 Å². The van der Waals surface area contributed by atoms with Gasteiger partial charge in [-0.2, -0.15) is 0 Å². The van der Waals surface area contributed by atoms with E-state index in [4.69, 9.17) is 9.47 Å². The number of nitrogens with one attached hydrogen (secondary N) is 1. The average Bonchev–Trinajstić information content (AvgIpc) is 2.48. The minimum atomic E-state index is -0.220. The second-order valence-corrected chi connectivity index (χ2v) is 6.24. The van der Waals surface area contributed by atoms with Gasteiger partial charge >= 0.3 is 0 Å². The summed E-state index contributed by atoms with van der Waals surface area (Å²) in [6, 6.07) is 5.32. The van der Waals surface area contributed by atoms with Crippen LogP contribution in [0.15, 0.2) is 22.7 Å². The lowest BCUT2D eigenvalue weighted by molar-refractivity contribution is 0.0442. The Labute approximate surface area is 135 Å². The first-order chi connectivity index (χ1) is 9.60. The van der Waals surface area contributed by atoms with Crippen LogP contribution in [0.1, 0.15) is 23.2 Å². The van der Waals surface area contributed by atoms with Gasteiger partial charge in [-0.3, -0.25) is 4.79 Å². The van der Waals surface area contributed by atoms with E-state index in [2.05, 4.69) is 37.2 Å². The van der Waals surface area contributed by atoms with Gasteiger partial charge in [0.2, 0.25) is 0 Å². The number of alkyl halides is 1. The Hall–Kier alpha value is -0.590. The summed E-state index contributed by atoms with van der Waals surface area (Å²) in [6.45, 7) is 1.36. The fourth-order valence-corrected chi connectivity index (χ4v) is 3.42. The third-order valence-electron chi connectivity index (χ3n) is 3.50. The number of ether oxygens (including phenoxy) is 2. The molecule has 0 aromatic heterocycles. The van der Waals surface area contributed by atoms with E-state index >= 15 is 0 Å². The maximum absolute atomic E-state index is 12.4. The first-order valence-corrected chi connectivity index (χ1v) is 8.31. The van der Waals surface area contributed by atoms with Gasteiger partial charge in [-0.1, -0.05) is 15.9 Å². The van der Waals surface area contributed by atoms with E-state index in [9.17, 15) is 4.79 Å². The number of methoxy groups -OCH3 is 1. The van der Waals surface area contributed by atoms with Crippen LogP contribution in [0.3, 0.4) is 0 Å². The molecule has 0 aliphatic carbocycles. The summed E-state index contributed by atoms with van der Waals surface area (Å²) in [6.07, 6.45) is 1.64. The zero-order chi connectivity index (χ0) is 14.6. The van der Waals surface area contributed by atoms with Crippen LogP contribution in [0.2, 0.25) is 0 Å². The Bertz CT molecular complexity index is 487. The van der Waals surface area contributed by atoms with E-state index < -0.39 is 0 Å². The van der Waals surface area contributed by atoms with Crippen molar-refractivity contribution in [3.8, 4) is 5.75 Å². The molecule has 110 valence electrons. The van der Waals surface area contributed by atoms with Crippen molar-refractivity contribution in [2.24, 2.45) is 0 Å². The molecule has 1 aromatic rings. The molecular weight excluding hydrogens is 390 g/mol. The molecule has 1 saturated heterocycles. The Morgan fingerprint density at radius 1 is 1.45 bits per heavy atom. The number of rotatable bonds is 4. The van der Waals surface area contributed by atoms with Gasteiger partial charge in [0.1, 0.15) is 5.75 Å². The molecule has 20 heavy (non-hydrogen) atoms. The fraction of sp³-hybridized carbons (Fsp3) is 0.500. The van der Waals surface area contributed by atoms with Gasteiger partial charge in [-0.25, -0.2) is 0 Å². The zero-order valence-electron chi connectivity index (χ0n) is 11.2. The molecule has 0 saturated carbocycles. The van der Waals surface area contributed by atoms with Gasteiger partial charge in [0.25, 0.3) is 5.91 Å². The normalized spacial score (nSPS) is 17.6.